The van der Waals surface area contributed by atoms with Crippen molar-refractivity contribution >= 4 is 5.97 Å². The quantitative estimate of drug-likeness (QED) is 0.831. The lowest BCUT2D eigenvalue weighted by molar-refractivity contribution is -0.137. The minimum absolute atomic E-state index is 0.0561. The van der Waals surface area contributed by atoms with Crippen LogP contribution in [0.5, 0.6) is 5.75 Å². The average Bonchev–Trinajstić information content (AvgIpc) is 3.13. The van der Waals surface area contributed by atoms with Crippen molar-refractivity contribution in [2.45, 2.75) is 38.3 Å². The number of carboxylic acids is 1. The summed E-state index contributed by atoms with van der Waals surface area (Å²) in [4.78, 5) is 12.7. The predicted octanol–water partition coefficient (Wildman–Crippen LogP) is 2.53. The van der Waals surface area contributed by atoms with E-state index in [1.54, 1.807) is 6.07 Å². The molecule has 1 aliphatic rings. The van der Waals surface area contributed by atoms with E-state index in [0.29, 0.717) is 18.2 Å². The third-order valence-corrected chi connectivity index (χ3v) is 3.53. The molecule has 1 aromatic rings. The van der Waals surface area contributed by atoms with Crippen molar-refractivity contribution in [3.63, 3.8) is 0 Å². The van der Waals surface area contributed by atoms with Crippen LogP contribution in [0.2, 0.25) is 0 Å². The maximum Gasteiger partial charge on any atom is 0.304 e. The highest BCUT2D eigenvalue weighted by Crippen LogP contribution is 2.35. The lowest BCUT2D eigenvalue weighted by atomic mass is 10.1. The second-order valence-electron chi connectivity index (χ2n) is 4.99. The Bertz CT molecular complexity index is 474. The second kappa shape index (κ2) is 5.57. The standard InChI is InChI=1S/C14H18FNO3/c1-9(12-5-4-11(17)8-13(12)15)16(10-2-3-10)7-6-14(18)19/h4-5,8-10,17H,2-3,6-7H2,1H3,(H,18,19). The summed E-state index contributed by atoms with van der Waals surface area (Å²) in [7, 11) is 0. The number of rotatable bonds is 6. The Balaban J connectivity index is 2.13. The molecule has 0 aromatic heterocycles. The molecule has 0 amide bonds. The number of aromatic hydroxyl groups is 1. The number of aliphatic carboxylic acids is 1. The Kier molecular flexibility index (Phi) is 4.04. The molecule has 2 N–H and O–H groups in total. The van der Waals surface area contributed by atoms with Crippen molar-refractivity contribution in [3.05, 3.63) is 29.6 Å². The summed E-state index contributed by atoms with van der Waals surface area (Å²) >= 11 is 0. The third-order valence-electron chi connectivity index (χ3n) is 3.53. The normalized spacial score (nSPS) is 16.6. The van der Waals surface area contributed by atoms with Gasteiger partial charge in [-0.2, -0.15) is 0 Å². The molecule has 5 heteroatoms. The molecule has 0 bridgehead atoms. The van der Waals surface area contributed by atoms with Crippen molar-refractivity contribution in [1.82, 2.24) is 4.90 Å². The van der Waals surface area contributed by atoms with Crippen molar-refractivity contribution in [3.8, 4) is 5.75 Å². The van der Waals surface area contributed by atoms with Gasteiger partial charge in [-0.3, -0.25) is 9.69 Å². The van der Waals surface area contributed by atoms with Crippen LogP contribution in [0.4, 0.5) is 4.39 Å². The molecule has 19 heavy (non-hydrogen) atoms. The minimum atomic E-state index is -0.843. The molecule has 104 valence electrons. The molecule has 1 unspecified atom stereocenters. The van der Waals surface area contributed by atoms with Gasteiger partial charge < -0.3 is 10.2 Å². The number of carbonyl (C=O) groups is 1. The van der Waals surface area contributed by atoms with Crippen LogP contribution >= 0.6 is 0 Å². The van der Waals surface area contributed by atoms with Crippen LogP contribution in [-0.4, -0.2) is 33.7 Å². The third kappa shape index (κ3) is 3.44. The summed E-state index contributed by atoms with van der Waals surface area (Å²) in [6, 6.07) is 4.27. The summed E-state index contributed by atoms with van der Waals surface area (Å²) in [5, 5.41) is 18.0. The molecule has 1 fully saturated rings. The fourth-order valence-corrected chi connectivity index (χ4v) is 2.36. The summed E-state index contributed by atoms with van der Waals surface area (Å²) in [6.07, 6.45) is 2.12. The van der Waals surface area contributed by atoms with E-state index in [2.05, 4.69) is 0 Å². The van der Waals surface area contributed by atoms with E-state index >= 15 is 0 Å². The van der Waals surface area contributed by atoms with E-state index in [1.807, 2.05) is 11.8 Å². The number of phenols is 1. The van der Waals surface area contributed by atoms with E-state index in [4.69, 9.17) is 5.11 Å². The van der Waals surface area contributed by atoms with Crippen molar-refractivity contribution < 1.29 is 19.4 Å². The Labute approximate surface area is 111 Å². The van der Waals surface area contributed by atoms with Crippen molar-refractivity contribution in [2.24, 2.45) is 0 Å². The summed E-state index contributed by atoms with van der Waals surface area (Å²) in [6.45, 7) is 2.29. The molecule has 0 aliphatic heterocycles. The molecule has 1 atom stereocenters. The van der Waals surface area contributed by atoms with Crippen LogP contribution in [0.1, 0.15) is 37.8 Å². The first-order valence-electron chi connectivity index (χ1n) is 6.45. The lowest BCUT2D eigenvalue weighted by Crippen LogP contribution is -2.32. The van der Waals surface area contributed by atoms with E-state index in [9.17, 15) is 14.3 Å². The second-order valence-corrected chi connectivity index (χ2v) is 4.99. The molecule has 1 saturated carbocycles. The van der Waals surface area contributed by atoms with E-state index in [0.717, 1.165) is 18.9 Å². The Morgan fingerprint density at radius 3 is 2.74 bits per heavy atom. The molecule has 1 aromatic carbocycles. The van der Waals surface area contributed by atoms with Gasteiger partial charge in [-0.05, 0) is 25.8 Å². The first-order chi connectivity index (χ1) is 8.99. The molecule has 0 heterocycles. The van der Waals surface area contributed by atoms with Gasteiger partial charge in [-0.15, -0.1) is 0 Å². The molecule has 1 aliphatic carbocycles. The Hall–Kier alpha value is -1.62. The van der Waals surface area contributed by atoms with E-state index < -0.39 is 11.8 Å². The number of halogens is 1. The monoisotopic (exact) mass is 267 g/mol. The minimum Gasteiger partial charge on any atom is -0.508 e. The van der Waals surface area contributed by atoms with Crippen molar-refractivity contribution in [1.29, 1.82) is 0 Å². The van der Waals surface area contributed by atoms with E-state index in [-0.39, 0.29) is 18.2 Å². The zero-order chi connectivity index (χ0) is 14.0. The number of hydrogen-bond acceptors (Lipinski definition) is 3. The van der Waals surface area contributed by atoms with Gasteiger partial charge in [0, 0.05) is 30.3 Å². The number of carboxylic acid groups (broad SMARTS) is 1. The maximum atomic E-state index is 13.8. The zero-order valence-corrected chi connectivity index (χ0v) is 10.8. The van der Waals surface area contributed by atoms with Crippen LogP contribution in [0.15, 0.2) is 18.2 Å². The van der Waals surface area contributed by atoms with Gasteiger partial charge in [0.25, 0.3) is 0 Å². The highest BCUT2D eigenvalue weighted by atomic mass is 19.1. The average molecular weight is 267 g/mol. The number of nitrogens with zero attached hydrogens (tertiary/aromatic N) is 1. The summed E-state index contributed by atoms with van der Waals surface area (Å²) in [5.41, 5.74) is 0.495. The first-order valence-corrected chi connectivity index (χ1v) is 6.45. The topological polar surface area (TPSA) is 60.8 Å². The van der Waals surface area contributed by atoms with Crippen LogP contribution in [0.3, 0.4) is 0 Å². The van der Waals surface area contributed by atoms with Crippen LogP contribution in [-0.2, 0) is 4.79 Å². The van der Waals surface area contributed by atoms with Crippen molar-refractivity contribution in [2.75, 3.05) is 6.54 Å². The van der Waals surface area contributed by atoms with Gasteiger partial charge in [0.1, 0.15) is 11.6 Å². The van der Waals surface area contributed by atoms with E-state index in [1.165, 1.54) is 6.07 Å². The van der Waals surface area contributed by atoms with Gasteiger partial charge in [-0.1, -0.05) is 6.07 Å². The highest BCUT2D eigenvalue weighted by molar-refractivity contribution is 5.66. The van der Waals surface area contributed by atoms with Gasteiger partial charge >= 0.3 is 5.97 Å². The first kappa shape index (κ1) is 13.8. The molecule has 0 saturated heterocycles. The molecular formula is C14H18FNO3. The smallest absolute Gasteiger partial charge is 0.304 e. The molecule has 0 radical (unpaired) electrons. The predicted molar refractivity (Wildman–Crippen MR) is 68.5 cm³/mol. The Morgan fingerprint density at radius 1 is 1.53 bits per heavy atom. The number of hydrogen-bond donors (Lipinski definition) is 2. The number of phenolic OH excluding ortho intramolecular Hbond substituents is 1. The molecule has 4 nitrogen and oxygen atoms in total. The van der Waals surface area contributed by atoms with Crippen LogP contribution in [0, 0.1) is 5.82 Å². The van der Waals surface area contributed by atoms with Crippen LogP contribution < -0.4 is 0 Å². The summed E-state index contributed by atoms with van der Waals surface area (Å²) < 4.78 is 13.8. The largest absolute Gasteiger partial charge is 0.508 e. The molecular weight excluding hydrogens is 249 g/mol. The molecule has 2 rings (SSSR count). The van der Waals surface area contributed by atoms with Crippen LogP contribution in [0.25, 0.3) is 0 Å². The molecule has 0 spiro atoms. The fraction of sp³-hybridized carbons (Fsp3) is 0.500. The lowest BCUT2D eigenvalue weighted by Gasteiger charge is -2.29. The Morgan fingerprint density at radius 2 is 2.21 bits per heavy atom. The zero-order valence-electron chi connectivity index (χ0n) is 10.8. The van der Waals surface area contributed by atoms with Gasteiger partial charge in [0.05, 0.1) is 6.42 Å². The SMILES string of the molecule is CC(c1ccc(O)cc1F)N(CCC(=O)O)C1CC1. The van der Waals surface area contributed by atoms with Gasteiger partial charge in [0.15, 0.2) is 0 Å². The van der Waals surface area contributed by atoms with Gasteiger partial charge in [0.2, 0.25) is 0 Å². The van der Waals surface area contributed by atoms with Gasteiger partial charge in [-0.25, -0.2) is 4.39 Å². The summed E-state index contributed by atoms with van der Waals surface area (Å²) in [5.74, 6) is -1.39. The maximum absolute atomic E-state index is 13.8. The highest BCUT2D eigenvalue weighted by Gasteiger charge is 2.33. The number of benzene rings is 1. The fourth-order valence-electron chi connectivity index (χ4n) is 2.36.